The van der Waals surface area contributed by atoms with Gasteiger partial charge < -0.3 is 4.74 Å². The van der Waals surface area contributed by atoms with Gasteiger partial charge in [-0.3, -0.25) is 16.3 Å². The van der Waals surface area contributed by atoms with Crippen LogP contribution in [0.2, 0.25) is 0 Å². The van der Waals surface area contributed by atoms with Gasteiger partial charge in [0.15, 0.2) is 0 Å². The minimum atomic E-state index is 0.142. The molecule has 0 amide bonds. The average molecular weight is 263 g/mol. The number of pyridine rings is 1. The highest BCUT2D eigenvalue weighted by Crippen LogP contribution is 2.41. The van der Waals surface area contributed by atoms with E-state index in [1.807, 2.05) is 6.07 Å². The van der Waals surface area contributed by atoms with E-state index in [0.717, 1.165) is 23.1 Å². The molecule has 4 heteroatoms. The monoisotopic (exact) mass is 263 g/mol. The van der Waals surface area contributed by atoms with Gasteiger partial charge in [-0.1, -0.05) is 13.8 Å². The Labute approximate surface area is 115 Å². The second-order valence-electron chi connectivity index (χ2n) is 5.94. The molecular weight excluding hydrogens is 238 g/mol. The predicted molar refractivity (Wildman–Crippen MR) is 76.5 cm³/mol. The third-order valence-corrected chi connectivity index (χ3v) is 4.24. The number of hydrazine groups is 1. The molecule has 1 aromatic rings. The third-order valence-electron chi connectivity index (χ3n) is 4.24. The van der Waals surface area contributed by atoms with Crippen LogP contribution in [0.25, 0.3) is 0 Å². The molecule has 1 aliphatic rings. The Balaban J connectivity index is 2.23. The van der Waals surface area contributed by atoms with E-state index >= 15 is 0 Å². The molecule has 0 aliphatic heterocycles. The summed E-state index contributed by atoms with van der Waals surface area (Å²) in [7, 11) is 1.68. The van der Waals surface area contributed by atoms with Crippen molar-refractivity contribution in [1.29, 1.82) is 0 Å². The summed E-state index contributed by atoms with van der Waals surface area (Å²) < 4.78 is 5.41. The normalized spacial score (nSPS) is 28.9. The van der Waals surface area contributed by atoms with Crippen molar-refractivity contribution < 1.29 is 4.74 Å². The summed E-state index contributed by atoms with van der Waals surface area (Å²) in [6, 6.07) is 2.15. The highest BCUT2D eigenvalue weighted by Gasteiger charge is 2.31. The summed E-state index contributed by atoms with van der Waals surface area (Å²) >= 11 is 0. The Kier molecular flexibility index (Phi) is 4.77. The lowest BCUT2D eigenvalue weighted by atomic mass is 9.72. The third kappa shape index (κ3) is 3.25. The molecule has 0 bridgehead atoms. The van der Waals surface area contributed by atoms with Crippen molar-refractivity contribution >= 4 is 0 Å². The van der Waals surface area contributed by atoms with Gasteiger partial charge in [0, 0.05) is 11.8 Å². The Morgan fingerprint density at radius 2 is 2.00 bits per heavy atom. The summed E-state index contributed by atoms with van der Waals surface area (Å²) in [4.78, 5) is 4.11. The van der Waals surface area contributed by atoms with Gasteiger partial charge in [-0.2, -0.15) is 0 Å². The zero-order valence-electron chi connectivity index (χ0n) is 12.1. The molecule has 19 heavy (non-hydrogen) atoms. The zero-order valence-corrected chi connectivity index (χ0v) is 12.1. The first-order chi connectivity index (χ1) is 9.15. The van der Waals surface area contributed by atoms with Crippen molar-refractivity contribution in [3.63, 3.8) is 0 Å². The first kappa shape index (κ1) is 14.3. The number of nitrogens with two attached hydrogens (primary N) is 1. The van der Waals surface area contributed by atoms with E-state index in [9.17, 15) is 0 Å². The second-order valence-corrected chi connectivity index (χ2v) is 5.94. The first-order valence-electron chi connectivity index (χ1n) is 7.09. The fourth-order valence-electron chi connectivity index (χ4n) is 3.58. The lowest BCUT2D eigenvalue weighted by Gasteiger charge is -2.36. The van der Waals surface area contributed by atoms with Gasteiger partial charge in [-0.25, -0.2) is 0 Å². The van der Waals surface area contributed by atoms with E-state index < -0.39 is 0 Å². The number of methoxy groups -OCH3 is 1. The quantitative estimate of drug-likeness (QED) is 0.647. The number of ether oxygens (including phenoxy) is 1. The number of nitrogens with one attached hydrogen (secondary N) is 1. The van der Waals surface area contributed by atoms with E-state index in [-0.39, 0.29) is 6.04 Å². The van der Waals surface area contributed by atoms with Crippen LogP contribution in [-0.4, -0.2) is 12.1 Å². The van der Waals surface area contributed by atoms with E-state index in [0.29, 0.717) is 5.92 Å². The summed E-state index contributed by atoms with van der Waals surface area (Å²) in [6.45, 7) is 4.67. The number of hydrogen-bond donors (Lipinski definition) is 2. The fourth-order valence-corrected chi connectivity index (χ4v) is 3.58. The fraction of sp³-hybridized carbons (Fsp3) is 0.667. The highest BCUT2D eigenvalue weighted by molar-refractivity contribution is 5.33. The highest BCUT2D eigenvalue weighted by atomic mass is 16.5. The van der Waals surface area contributed by atoms with Crippen LogP contribution in [0.1, 0.15) is 44.7 Å². The molecule has 0 aromatic carbocycles. The topological polar surface area (TPSA) is 60.2 Å². The summed E-state index contributed by atoms with van der Waals surface area (Å²) in [5.41, 5.74) is 4.11. The molecule has 4 nitrogen and oxygen atoms in total. The maximum atomic E-state index is 5.82. The summed E-state index contributed by atoms with van der Waals surface area (Å²) in [6.07, 6.45) is 7.31. The SMILES string of the molecule is COc1cnccc1C(NN)C1CC(C)CC(C)C1. The number of hydrogen-bond acceptors (Lipinski definition) is 4. The molecule has 1 heterocycles. The molecule has 3 unspecified atom stereocenters. The van der Waals surface area contributed by atoms with Crippen molar-refractivity contribution in [2.45, 2.75) is 39.2 Å². The van der Waals surface area contributed by atoms with Gasteiger partial charge in [-0.05, 0) is 43.1 Å². The molecule has 1 aromatic heterocycles. The molecule has 1 aliphatic carbocycles. The van der Waals surface area contributed by atoms with Crippen LogP contribution >= 0.6 is 0 Å². The van der Waals surface area contributed by atoms with Crippen molar-refractivity contribution in [1.82, 2.24) is 10.4 Å². The Bertz CT molecular complexity index is 400. The van der Waals surface area contributed by atoms with Gasteiger partial charge in [0.2, 0.25) is 0 Å². The molecular formula is C15H25N3O. The lowest BCUT2D eigenvalue weighted by Crippen LogP contribution is -2.37. The molecule has 1 saturated carbocycles. The Hall–Kier alpha value is -1.13. The van der Waals surface area contributed by atoms with Gasteiger partial charge in [0.1, 0.15) is 5.75 Å². The van der Waals surface area contributed by atoms with Crippen LogP contribution in [-0.2, 0) is 0 Å². The van der Waals surface area contributed by atoms with E-state index in [1.54, 1.807) is 19.5 Å². The molecule has 1 fully saturated rings. The molecule has 2 rings (SSSR count). The van der Waals surface area contributed by atoms with Crippen molar-refractivity contribution in [3.8, 4) is 5.75 Å². The number of aromatic nitrogens is 1. The van der Waals surface area contributed by atoms with Crippen molar-refractivity contribution in [2.24, 2.45) is 23.6 Å². The largest absolute Gasteiger partial charge is 0.495 e. The maximum absolute atomic E-state index is 5.82. The van der Waals surface area contributed by atoms with Crippen molar-refractivity contribution in [3.05, 3.63) is 24.0 Å². The van der Waals surface area contributed by atoms with Gasteiger partial charge in [-0.15, -0.1) is 0 Å². The molecule has 0 spiro atoms. The number of rotatable bonds is 4. The van der Waals surface area contributed by atoms with Crippen LogP contribution in [0.15, 0.2) is 18.5 Å². The maximum Gasteiger partial charge on any atom is 0.141 e. The minimum Gasteiger partial charge on any atom is -0.495 e. The Morgan fingerprint density at radius 3 is 2.58 bits per heavy atom. The average Bonchev–Trinajstić information content (AvgIpc) is 2.39. The molecule has 106 valence electrons. The van der Waals surface area contributed by atoms with Crippen LogP contribution in [0, 0.1) is 17.8 Å². The molecule has 0 saturated heterocycles. The summed E-state index contributed by atoms with van der Waals surface area (Å²) in [5.74, 6) is 8.72. The van der Waals surface area contributed by atoms with Crippen LogP contribution < -0.4 is 16.0 Å². The summed E-state index contributed by atoms with van der Waals surface area (Å²) in [5, 5.41) is 0. The predicted octanol–water partition coefficient (Wildman–Crippen LogP) is 2.67. The van der Waals surface area contributed by atoms with E-state index in [2.05, 4.69) is 24.3 Å². The van der Waals surface area contributed by atoms with E-state index in [4.69, 9.17) is 10.6 Å². The van der Waals surface area contributed by atoms with E-state index in [1.165, 1.54) is 19.3 Å². The van der Waals surface area contributed by atoms with Crippen LogP contribution in [0.5, 0.6) is 5.75 Å². The van der Waals surface area contributed by atoms with Gasteiger partial charge in [0.25, 0.3) is 0 Å². The minimum absolute atomic E-state index is 0.142. The van der Waals surface area contributed by atoms with Crippen molar-refractivity contribution in [2.75, 3.05) is 7.11 Å². The van der Waals surface area contributed by atoms with Gasteiger partial charge >= 0.3 is 0 Å². The zero-order chi connectivity index (χ0) is 13.8. The standard InChI is InChI=1S/C15H25N3O/c1-10-6-11(2)8-12(7-10)15(18-16)13-4-5-17-9-14(13)19-3/h4-5,9-12,15,18H,6-8,16H2,1-3H3. The smallest absolute Gasteiger partial charge is 0.141 e. The second kappa shape index (κ2) is 6.35. The lowest BCUT2D eigenvalue weighted by molar-refractivity contribution is 0.175. The molecule has 0 radical (unpaired) electrons. The first-order valence-corrected chi connectivity index (χ1v) is 7.09. The van der Waals surface area contributed by atoms with Crippen LogP contribution in [0.4, 0.5) is 0 Å². The number of nitrogens with zero attached hydrogens (tertiary/aromatic N) is 1. The van der Waals surface area contributed by atoms with Gasteiger partial charge in [0.05, 0.1) is 19.3 Å². The molecule has 3 atom stereocenters. The Morgan fingerprint density at radius 1 is 1.32 bits per heavy atom. The molecule has 3 N–H and O–H groups in total. The van der Waals surface area contributed by atoms with Crippen LogP contribution in [0.3, 0.4) is 0 Å².